The number of anilines is 1. The molecule has 39 heavy (non-hydrogen) atoms. The average molecular weight is 559 g/mol. The maximum atomic E-state index is 13.7. The summed E-state index contributed by atoms with van der Waals surface area (Å²) < 4.78 is 45.5. The highest BCUT2D eigenvalue weighted by Crippen LogP contribution is 2.30. The van der Waals surface area contributed by atoms with E-state index in [9.17, 15) is 27.6 Å². The van der Waals surface area contributed by atoms with E-state index >= 15 is 0 Å². The van der Waals surface area contributed by atoms with Gasteiger partial charge >= 0.3 is 6.18 Å². The molecule has 0 bridgehead atoms. The van der Waals surface area contributed by atoms with E-state index in [1.54, 1.807) is 25.1 Å². The van der Waals surface area contributed by atoms with Gasteiger partial charge in [-0.2, -0.15) is 13.2 Å². The first-order chi connectivity index (χ1) is 18.4. The van der Waals surface area contributed by atoms with Crippen LogP contribution in [0.25, 0.3) is 0 Å². The molecule has 2 N–H and O–H groups in total. The third-order valence-corrected chi connectivity index (χ3v) is 6.77. The molecule has 0 aliphatic carbocycles. The predicted molar refractivity (Wildman–Crippen MR) is 139 cm³/mol. The van der Waals surface area contributed by atoms with Gasteiger partial charge in [-0.25, -0.2) is 14.9 Å². The van der Waals surface area contributed by atoms with Crippen molar-refractivity contribution in [3.05, 3.63) is 24.4 Å². The monoisotopic (exact) mass is 558 g/mol. The van der Waals surface area contributed by atoms with Crippen molar-refractivity contribution in [2.24, 2.45) is 17.8 Å². The summed E-state index contributed by atoms with van der Waals surface area (Å²) in [5.41, 5.74) is 0. The molecule has 2 heterocycles. The number of carbonyl (C=O) groups excluding carboxylic acids is 3. The van der Waals surface area contributed by atoms with Gasteiger partial charge in [-0.3, -0.25) is 14.4 Å². The van der Waals surface area contributed by atoms with Crippen LogP contribution >= 0.6 is 0 Å². The Morgan fingerprint density at radius 3 is 2.51 bits per heavy atom. The van der Waals surface area contributed by atoms with Crippen LogP contribution in [0.4, 0.5) is 19.0 Å². The summed E-state index contributed by atoms with van der Waals surface area (Å²) in [5.74, 6) is -2.28. The lowest BCUT2D eigenvalue weighted by atomic mass is 9.86. The molecule has 0 saturated carbocycles. The number of carbonyl (C=O) groups is 3. The summed E-state index contributed by atoms with van der Waals surface area (Å²) in [6.45, 7) is 7.72. The number of amides is 3. The lowest BCUT2D eigenvalue weighted by Gasteiger charge is -2.37. The van der Waals surface area contributed by atoms with Gasteiger partial charge < -0.3 is 15.4 Å². The van der Waals surface area contributed by atoms with Crippen LogP contribution in [0.1, 0.15) is 72.6 Å². The second-order valence-corrected chi connectivity index (χ2v) is 10.4. The fourth-order valence-electron chi connectivity index (χ4n) is 4.48. The van der Waals surface area contributed by atoms with Crippen LogP contribution in [-0.4, -0.2) is 59.4 Å². The van der Waals surface area contributed by atoms with Crippen LogP contribution in [-0.2, 0) is 24.0 Å². The highest BCUT2D eigenvalue weighted by Gasteiger charge is 2.40. The molecular formula is C27H41F3N4O5. The van der Waals surface area contributed by atoms with E-state index in [2.05, 4.69) is 15.6 Å². The van der Waals surface area contributed by atoms with Gasteiger partial charge in [0.25, 0.3) is 0 Å². The van der Waals surface area contributed by atoms with Crippen molar-refractivity contribution in [3.63, 3.8) is 0 Å². The Kier molecular flexibility index (Phi) is 13.1. The third kappa shape index (κ3) is 11.1. The van der Waals surface area contributed by atoms with E-state index in [-0.39, 0.29) is 18.3 Å². The van der Waals surface area contributed by atoms with Gasteiger partial charge in [0, 0.05) is 25.6 Å². The van der Waals surface area contributed by atoms with Crippen molar-refractivity contribution >= 4 is 24.0 Å². The maximum absolute atomic E-state index is 13.7. The van der Waals surface area contributed by atoms with E-state index in [1.165, 1.54) is 6.20 Å². The van der Waals surface area contributed by atoms with Crippen LogP contribution in [0.15, 0.2) is 24.4 Å². The van der Waals surface area contributed by atoms with Crippen LogP contribution in [0.3, 0.4) is 0 Å². The largest absolute Gasteiger partial charge is 0.389 e. The first-order valence-corrected chi connectivity index (χ1v) is 13.6. The van der Waals surface area contributed by atoms with E-state index < -0.39 is 55.1 Å². The number of nitrogens with one attached hydrogen (secondary N) is 2. The number of halogens is 3. The fraction of sp³-hybridized carbons (Fsp3) is 0.704. The van der Waals surface area contributed by atoms with Gasteiger partial charge in [-0.15, -0.1) is 0 Å². The highest BCUT2D eigenvalue weighted by atomic mass is 19.4. The second kappa shape index (κ2) is 15.8. The Bertz CT molecular complexity index is 897. The molecule has 1 saturated heterocycles. The summed E-state index contributed by atoms with van der Waals surface area (Å²) >= 11 is 0. The molecule has 2 rings (SSSR count). The van der Waals surface area contributed by atoms with Gasteiger partial charge in [0.2, 0.25) is 18.2 Å². The van der Waals surface area contributed by atoms with Crippen LogP contribution in [0.2, 0.25) is 0 Å². The van der Waals surface area contributed by atoms with E-state index in [0.717, 1.165) is 17.9 Å². The standard InChI is InChI=1S/C27H41F3N4O5/c1-5-19(4)24(26(37)32-22-10-6-8-14-31-22)33-25(36)20(16-18(2)3)21(12-13-27(28,29)30)34(17-35)39-23-11-7-9-15-38-23/h6,8,10,14,17-21,23-24H,5,7,9,11-13,15-16H2,1-4H3,(H,33,36)(H,31,32,37)/t19-,20+,21-,23?,24-/m0/s1. The molecule has 5 atom stereocenters. The zero-order valence-corrected chi connectivity index (χ0v) is 23.1. The smallest absolute Gasteiger partial charge is 0.350 e. The SMILES string of the molecule is CC[C@H](C)[C@H](NC(=O)[C@H](CC(C)C)[C@H](CCC(F)(F)F)N(C=O)OC1CCCCO1)C(=O)Nc1ccccn1. The molecule has 0 radical (unpaired) electrons. The number of ether oxygens (including phenoxy) is 1. The number of hydrogen-bond donors (Lipinski definition) is 2. The Hall–Kier alpha value is -2.73. The minimum Gasteiger partial charge on any atom is -0.350 e. The van der Waals surface area contributed by atoms with Crippen LogP contribution < -0.4 is 10.6 Å². The second-order valence-electron chi connectivity index (χ2n) is 10.4. The summed E-state index contributed by atoms with van der Waals surface area (Å²) in [5, 5.41) is 6.25. The number of pyridine rings is 1. The summed E-state index contributed by atoms with van der Waals surface area (Å²) in [7, 11) is 0. The lowest BCUT2D eigenvalue weighted by molar-refractivity contribution is -0.291. The quantitative estimate of drug-likeness (QED) is 0.236. The molecule has 1 unspecified atom stereocenters. The van der Waals surface area contributed by atoms with Crippen molar-refractivity contribution in [1.29, 1.82) is 0 Å². The summed E-state index contributed by atoms with van der Waals surface area (Å²) in [6.07, 6.45) is -2.45. The highest BCUT2D eigenvalue weighted by molar-refractivity contribution is 5.97. The minimum atomic E-state index is -4.51. The van der Waals surface area contributed by atoms with Gasteiger partial charge in [-0.05, 0) is 49.7 Å². The Morgan fingerprint density at radius 1 is 1.23 bits per heavy atom. The normalized spacial score (nSPS) is 19.0. The fourth-order valence-corrected chi connectivity index (χ4v) is 4.48. The van der Waals surface area contributed by atoms with Crippen LogP contribution in [0, 0.1) is 17.8 Å². The number of hydroxylamine groups is 2. The number of aromatic nitrogens is 1. The third-order valence-electron chi connectivity index (χ3n) is 6.77. The molecule has 3 amide bonds. The van der Waals surface area contributed by atoms with Crippen molar-refractivity contribution in [3.8, 4) is 0 Å². The topological polar surface area (TPSA) is 110 Å². The Balaban J connectivity index is 2.34. The molecule has 1 aliphatic heterocycles. The van der Waals surface area contributed by atoms with Gasteiger partial charge in [-0.1, -0.05) is 40.2 Å². The van der Waals surface area contributed by atoms with E-state index in [0.29, 0.717) is 31.7 Å². The van der Waals surface area contributed by atoms with Gasteiger partial charge in [0.05, 0.1) is 12.0 Å². The summed E-state index contributed by atoms with van der Waals surface area (Å²) in [4.78, 5) is 48.8. The van der Waals surface area contributed by atoms with Gasteiger partial charge in [0.15, 0.2) is 6.29 Å². The van der Waals surface area contributed by atoms with E-state index in [1.807, 2.05) is 20.8 Å². The Morgan fingerprint density at radius 2 is 1.97 bits per heavy atom. The molecule has 220 valence electrons. The zero-order valence-electron chi connectivity index (χ0n) is 23.1. The summed E-state index contributed by atoms with van der Waals surface area (Å²) in [6, 6.07) is 2.80. The lowest BCUT2D eigenvalue weighted by Crippen LogP contribution is -2.54. The zero-order chi connectivity index (χ0) is 29.0. The van der Waals surface area contributed by atoms with Crippen LogP contribution in [0.5, 0.6) is 0 Å². The average Bonchev–Trinajstić information content (AvgIpc) is 2.90. The molecule has 1 aromatic heterocycles. The molecule has 1 aliphatic rings. The number of rotatable bonds is 15. The molecule has 9 nitrogen and oxygen atoms in total. The number of alkyl halides is 3. The maximum Gasteiger partial charge on any atom is 0.389 e. The van der Waals surface area contributed by atoms with Crippen molar-refractivity contribution < 1.29 is 37.1 Å². The minimum absolute atomic E-state index is 0.0991. The number of nitrogens with zero attached hydrogens (tertiary/aromatic N) is 2. The number of hydrogen-bond acceptors (Lipinski definition) is 6. The Labute approximate surface area is 228 Å². The van der Waals surface area contributed by atoms with Crippen molar-refractivity contribution in [2.75, 3.05) is 11.9 Å². The molecular weight excluding hydrogens is 517 g/mol. The molecule has 12 heteroatoms. The van der Waals surface area contributed by atoms with Crippen molar-refractivity contribution in [1.82, 2.24) is 15.4 Å². The van der Waals surface area contributed by atoms with Crippen molar-refractivity contribution in [2.45, 2.75) is 97.2 Å². The molecule has 0 spiro atoms. The van der Waals surface area contributed by atoms with E-state index in [4.69, 9.17) is 9.57 Å². The predicted octanol–water partition coefficient (Wildman–Crippen LogP) is 4.84. The first-order valence-electron chi connectivity index (χ1n) is 13.6. The molecule has 1 aromatic rings. The molecule has 1 fully saturated rings. The molecule has 0 aromatic carbocycles. The van der Waals surface area contributed by atoms with Gasteiger partial charge in [0.1, 0.15) is 11.9 Å². The first kappa shape index (κ1) is 32.5.